The van der Waals surface area contributed by atoms with E-state index in [9.17, 15) is 71.1 Å². The highest BCUT2D eigenvalue weighted by Crippen LogP contribution is 2.51. The molecule has 0 saturated carbocycles. The number of likely N-dealkylation sites (tertiary alicyclic amines) is 1. The molecule has 4 heterocycles. The summed E-state index contributed by atoms with van der Waals surface area (Å²) in [6.45, 7) is 8.41. The first-order valence-electron chi connectivity index (χ1n) is 32.0. The number of pyridine rings is 1. The summed E-state index contributed by atoms with van der Waals surface area (Å²) in [5, 5.41) is 8.58. The topological polar surface area (TPSA) is 363 Å². The Bertz CT molecular complexity index is 4040. The summed E-state index contributed by atoms with van der Waals surface area (Å²) in [5.74, 6) is -1.31. The fourth-order valence-corrected chi connectivity index (χ4v) is 14.2. The molecule has 4 amide bonds. The van der Waals surface area contributed by atoms with Crippen molar-refractivity contribution in [2.75, 3.05) is 82.1 Å². The Morgan fingerprint density at radius 2 is 1.40 bits per heavy atom. The quantitative estimate of drug-likeness (QED) is 0.00753. The van der Waals surface area contributed by atoms with Crippen LogP contribution in [-0.2, 0) is 81.7 Å². The minimum atomic E-state index is -4.67. The molecule has 1 aromatic heterocycles. The lowest BCUT2D eigenvalue weighted by Crippen LogP contribution is -2.38. The van der Waals surface area contributed by atoms with E-state index in [1.165, 1.54) is 42.5 Å². The molecule has 1 saturated heterocycles. The lowest BCUT2D eigenvalue weighted by atomic mass is 9.77. The lowest BCUT2D eigenvalue weighted by molar-refractivity contribution is -0.437. The smallest absolute Gasteiger partial charge is 0.294 e. The van der Waals surface area contributed by atoms with Gasteiger partial charge < -0.3 is 35.2 Å². The van der Waals surface area contributed by atoms with E-state index in [0.29, 0.717) is 90.7 Å². The van der Waals surface area contributed by atoms with Gasteiger partial charge in [0.2, 0.25) is 23.4 Å². The molecule has 0 radical (unpaired) electrons. The van der Waals surface area contributed by atoms with Crippen molar-refractivity contribution >= 4 is 87.3 Å². The van der Waals surface area contributed by atoms with Crippen LogP contribution in [0.3, 0.4) is 0 Å². The van der Waals surface area contributed by atoms with Gasteiger partial charge >= 0.3 is 0 Å². The molecule has 3 aromatic carbocycles. The number of carbonyl (C=O) groups excluding carboxylic acids is 4. The van der Waals surface area contributed by atoms with Crippen molar-refractivity contribution in [3.05, 3.63) is 155 Å². The van der Waals surface area contributed by atoms with Crippen LogP contribution < -0.4 is 20.9 Å². The Morgan fingerprint density at radius 1 is 0.688 bits per heavy atom. The summed E-state index contributed by atoms with van der Waals surface area (Å²) in [5.41, 5.74) is 3.82. The van der Waals surface area contributed by atoms with Crippen LogP contribution >= 0.6 is 0 Å². The number of aromatic nitrogens is 1. The first kappa shape index (κ1) is 76.1. The maximum atomic E-state index is 13.4. The van der Waals surface area contributed by atoms with Gasteiger partial charge in [0.25, 0.3) is 46.4 Å². The third-order valence-electron chi connectivity index (χ3n) is 17.2. The summed E-state index contributed by atoms with van der Waals surface area (Å²) in [6, 6.07) is 19.2. The van der Waals surface area contributed by atoms with Gasteiger partial charge in [0, 0.05) is 111 Å². The molecule has 3 aliphatic rings. The molecule has 7 N–H and O–H groups in total. The predicted molar refractivity (Wildman–Crippen MR) is 363 cm³/mol. The minimum Gasteiger partial charge on any atom is -0.377 e. The minimum absolute atomic E-state index is 0.0173. The molecular formula is C67H88N7O18S4+. The predicted octanol–water partition coefficient (Wildman–Crippen LogP) is 7.55. The Labute approximate surface area is 563 Å². The summed E-state index contributed by atoms with van der Waals surface area (Å²) in [7, 11) is -17.9. The Morgan fingerprint density at radius 3 is 2.10 bits per heavy atom. The zero-order valence-corrected chi connectivity index (χ0v) is 57.6. The third-order valence-corrected chi connectivity index (χ3v) is 20.5. The number of anilines is 1. The van der Waals surface area contributed by atoms with Gasteiger partial charge in [0.05, 0.1) is 46.5 Å². The van der Waals surface area contributed by atoms with Gasteiger partial charge in [-0.25, -0.2) is 0 Å². The van der Waals surface area contributed by atoms with Crippen molar-refractivity contribution in [2.24, 2.45) is 5.92 Å². The molecule has 4 aromatic rings. The molecule has 29 heteroatoms. The molecule has 0 spiro atoms. The lowest BCUT2D eigenvalue weighted by Gasteiger charge is -2.32. The average molecular weight is 1410 g/mol. The van der Waals surface area contributed by atoms with Gasteiger partial charge in [-0.3, -0.25) is 42.4 Å². The van der Waals surface area contributed by atoms with Crippen LogP contribution in [0.2, 0.25) is 0 Å². The van der Waals surface area contributed by atoms with E-state index >= 15 is 0 Å². The van der Waals surface area contributed by atoms with Crippen LogP contribution in [0, 0.1) is 5.92 Å². The molecule has 7 rings (SSSR count). The molecular weight excluding hydrogens is 1320 g/mol. The number of piperidine rings is 1. The number of hydrogen-bond acceptors (Lipinski definition) is 16. The molecule has 0 aliphatic carbocycles. The summed E-state index contributed by atoms with van der Waals surface area (Å²) < 4.78 is 148. The van der Waals surface area contributed by atoms with E-state index in [-0.39, 0.29) is 105 Å². The third kappa shape index (κ3) is 22.9. The Hall–Kier alpha value is -7.32. The fraction of sp³-hybridized carbons (Fsp3) is 0.463. The standard InChI is InChI=1S/C67H87N7O18S4/c1-66(2)56-45-54(95(85,86)87)24-26-58(56)73(35-14-42-93(79,80)81)60(66)20-6-4-7-21-61-67(3,57-46-55(96(88,89)90)25-27-59(57)74(61)36-15-43-94(82,83)84)31-10-5-8-22-62(75)70-34-39-91-40-41-92-49-64(77)71-48-52-17-12-19-53(44-52)65(78)72-37-29-50(30-38-72)16-9-11-33-69-63(76)28-23-51-18-13-32-68-47-51/h4,6-7,12-13,17-21,23-28,32,44-47,50H,5,8-11,14-16,22,29-31,33-43,48-49H2,1-3H3,(H6-,69,70,71,75,76,77,79,80,81,82,83,84,85,86,87,88,89,90)/p+1/b28-23+. The Balaban J connectivity index is 0.833. The SMILES string of the molecule is CC1(C)C(/C=C/C=C/C=C2/N(CCCS(=O)(=O)O)c3ccc(S(=O)(=O)O)cc3C2(C)CCCCCC(=O)NCCOCCOCC(=O)NCc2cccc(C(=O)N3CCC(CCCCNC(=O)/C=C/c4cccnc4)CC3)c2)=[N+](CCCS(=O)(=O)O)c2ccc(S(=O)(=O)O)cc21. The summed E-state index contributed by atoms with van der Waals surface area (Å²) in [6.07, 6.45) is 22.2. The number of nitrogens with one attached hydrogen (secondary N) is 3. The highest BCUT2D eigenvalue weighted by molar-refractivity contribution is 7.86. The molecule has 522 valence electrons. The van der Waals surface area contributed by atoms with Crippen molar-refractivity contribution in [3.8, 4) is 0 Å². The first-order chi connectivity index (χ1) is 45.4. The molecule has 0 bridgehead atoms. The van der Waals surface area contributed by atoms with E-state index in [1.54, 1.807) is 71.6 Å². The monoisotopic (exact) mass is 1410 g/mol. The highest BCUT2D eigenvalue weighted by Gasteiger charge is 2.46. The van der Waals surface area contributed by atoms with Gasteiger partial charge in [-0.05, 0) is 143 Å². The number of nitrogens with zero attached hydrogens (tertiary/aromatic N) is 4. The van der Waals surface area contributed by atoms with Crippen molar-refractivity contribution in [2.45, 2.75) is 125 Å². The molecule has 3 aliphatic heterocycles. The van der Waals surface area contributed by atoms with Crippen molar-refractivity contribution in [1.29, 1.82) is 0 Å². The number of fused-ring (bicyclic) bond motifs is 2. The molecule has 1 unspecified atom stereocenters. The number of unbranched alkanes of at least 4 members (excludes halogenated alkanes) is 3. The number of carbonyl (C=O) groups is 4. The number of benzene rings is 3. The van der Waals surface area contributed by atoms with Crippen LogP contribution in [0.4, 0.5) is 11.4 Å². The van der Waals surface area contributed by atoms with Crippen LogP contribution in [0.15, 0.2) is 137 Å². The van der Waals surface area contributed by atoms with E-state index in [1.807, 2.05) is 48.8 Å². The van der Waals surface area contributed by atoms with Crippen LogP contribution in [0.25, 0.3) is 6.08 Å². The Kier molecular flexibility index (Phi) is 27.5. The van der Waals surface area contributed by atoms with Gasteiger partial charge in [0.1, 0.15) is 13.2 Å². The van der Waals surface area contributed by atoms with Crippen molar-refractivity contribution in [1.82, 2.24) is 25.8 Å². The van der Waals surface area contributed by atoms with E-state index in [4.69, 9.17) is 9.47 Å². The van der Waals surface area contributed by atoms with Crippen LogP contribution in [0.1, 0.15) is 130 Å². The summed E-state index contributed by atoms with van der Waals surface area (Å²) >= 11 is 0. The number of ether oxygens (including phenoxy) is 2. The zero-order chi connectivity index (χ0) is 69.7. The maximum Gasteiger partial charge on any atom is 0.294 e. The average Bonchev–Trinajstić information content (AvgIpc) is 1.59. The zero-order valence-electron chi connectivity index (χ0n) is 54.3. The first-order valence-corrected chi connectivity index (χ1v) is 38.1. The number of hydrogen-bond donors (Lipinski definition) is 7. The molecule has 96 heavy (non-hydrogen) atoms. The van der Waals surface area contributed by atoms with E-state index in [2.05, 4.69) is 20.9 Å². The molecule has 25 nitrogen and oxygen atoms in total. The fourth-order valence-electron chi connectivity index (χ4n) is 12.2. The van der Waals surface area contributed by atoms with E-state index in [0.717, 1.165) is 43.2 Å². The number of rotatable bonds is 37. The van der Waals surface area contributed by atoms with Crippen LogP contribution in [0.5, 0.6) is 0 Å². The normalized spacial score (nSPS) is 17.3. The van der Waals surface area contributed by atoms with Gasteiger partial charge in [-0.15, -0.1) is 0 Å². The van der Waals surface area contributed by atoms with Gasteiger partial charge in [0.15, 0.2) is 5.71 Å². The second-order valence-electron chi connectivity index (χ2n) is 24.7. The number of amides is 4. The maximum absolute atomic E-state index is 13.4. The summed E-state index contributed by atoms with van der Waals surface area (Å²) in [4.78, 5) is 58.2. The van der Waals surface area contributed by atoms with Gasteiger partial charge in [-0.2, -0.15) is 38.2 Å². The number of allylic oxidation sites excluding steroid dienone is 6. The highest BCUT2D eigenvalue weighted by atomic mass is 32.2. The second-order valence-corrected chi connectivity index (χ2v) is 30.7. The van der Waals surface area contributed by atoms with Crippen molar-refractivity contribution < 1.29 is 85.1 Å². The molecule has 1 atom stereocenters. The van der Waals surface area contributed by atoms with Crippen molar-refractivity contribution in [3.63, 3.8) is 0 Å². The molecule has 1 fully saturated rings. The van der Waals surface area contributed by atoms with Gasteiger partial charge in [-0.1, -0.05) is 62.1 Å². The van der Waals surface area contributed by atoms with E-state index < -0.39 is 62.8 Å². The second kappa shape index (κ2) is 34.8. The van der Waals surface area contributed by atoms with Crippen LogP contribution in [-0.4, -0.2) is 173 Å². The largest absolute Gasteiger partial charge is 0.377 e.